The molecule has 0 bridgehead atoms. The summed E-state index contributed by atoms with van der Waals surface area (Å²) in [6, 6.07) is 6.94. The first-order valence-electron chi connectivity index (χ1n) is 5.51. The molecule has 0 amide bonds. The summed E-state index contributed by atoms with van der Waals surface area (Å²) in [7, 11) is 1.67. The van der Waals surface area contributed by atoms with E-state index in [1.807, 2.05) is 23.0 Å². The van der Waals surface area contributed by atoms with Gasteiger partial charge in [0, 0.05) is 12.7 Å². The SMILES string of the molecule is COCCn1c(SC)nnc1-c1ccc(O)cc1. The largest absolute Gasteiger partial charge is 0.508 e. The van der Waals surface area contributed by atoms with E-state index in [1.54, 1.807) is 31.0 Å². The second kappa shape index (κ2) is 5.88. The Bertz CT molecular complexity index is 511. The van der Waals surface area contributed by atoms with Gasteiger partial charge >= 0.3 is 0 Å². The Kier molecular flexibility index (Phi) is 4.22. The van der Waals surface area contributed by atoms with Crippen LogP contribution in [0, 0.1) is 0 Å². The van der Waals surface area contributed by atoms with Crippen LogP contribution in [-0.2, 0) is 11.3 Å². The third-order valence-electron chi connectivity index (χ3n) is 2.54. The number of thioether (sulfide) groups is 1. The fourth-order valence-electron chi connectivity index (χ4n) is 1.65. The van der Waals surface area contributed by atoms with Crippen LogP contribution < -0.4 is 0 Å². The molecule has 1 N–H and O–H groups in total. The molecule has 0 aliphatic carbocycles. The molecule has 1 aromatic carbocycles. The van der Waals surface area contributed by atoms with E-state index in [0.717, 1.165) is 16.5 Å². The molecule has 0 saturated heterocycles. The lowest BCUT2D eigenvalue weighted by Gasteiger charge is -2.08. The maximum Gasteiger partial charge on any atom is 0.191 e. The third-order valence-corrected chi connectivity index (χ3v) is 3.21. The van der Waals surface area contributed by atoms with Crippen LogP contribution in [0.1, 0.15) is 0 Å². The van der Waals surface area contributed by atoms with Crippen LogP contribution in [0.15, 0.2) is 29.4 Å². The van der Waals surface area contributed by atoms with Crippen molar-refractivity contribution in [2.45, 2.75) is 11.7 Å². The number of hydrogen-bond donors (Lipinski definition) is 1. The summed E-state index contributed by atoms with van der Waals surface area (Å²) >= 11 is 1.55. The lowest BCUT2D eigenvalue weighted by molar-refractivity contribution is 0.185. The van der Waals surface area contributed by atoms with Crippen LogP contribution in [0.2, 0.25) is 0 Å². The standard InChI is InChI=1S/C12H15N3O2S/c1-17-8-7-15-11(13-14-12(15)18-2)9-3-5-10(16)6-4-9/h3-6,16H,7-8H2,1-2H3. The molecule has 0 spiro atoms. The van der Waals surface area contributed by atoms with Gasteiger partial charge in [0.2, 0.25) is 0 Å². The van der Waals surface area contributed by atoms with Crippen molar-refractivity contribution in [2.24, 2.45) is 0 Å². The first-order valence-corrected chi connectivity index (χ1v) is 6.74. The van der Waals surface area contributed by atoms with E-state index in [9.17, 15) is 5.11 Å². The van der Waals surface area contributed by atoms with Gasteiger partial charge in [-0.2, -0.15) is 0 Å². The van der Waals surface area contributed by atoms with Gasteiger partial charge in [-0.25, -0.2) is 0 Å². The Balaban J connectivity index is 2.37. The summed E-state index contributed by atoms with van der Waals surface area (Å²) in [5.74, 6) is 1.03. The highest BCUT2D eigenvalue weighted by atomic mass is 32.2. The lowest BCUT2D eigenvalue weighted by atomic mass is 10.2. The van der Waals surface area contributed by atoms with Crippen molar-refractivity contribution in [3.05, 3.63) is 24.3 Å². The van der Waals surface area contributed by atoms with Crippen LogP contribution in [0.4, 0.5) is 0 Å². The minimum absolute atomic E-state index is 0.242. The van der Waals surface area contributed by atoms with Crippen molar-refractivity contribution in [1.82, 2.24) is 14.8 Å². The van der Waals surface area contributed by atoms with Crippen molar-refractivity contribution < 1.29 is 9.84 Å². The van der Waals surface area contributed by atoms with Gasteiger partial charge < -0.3 is 9.84 Å². The molecular weight excluding hydrogens is 250 g/mol. The number of aromatic hydroxyl groups is 1. The zero-order valence-electron chi connectivity index (χ0n) is 10.3. The summed E-state index contributed by atoms with van der Waals surface area (Å²) < 4.78 is 7.11. The van der Waals surface area contributed by atoms with Gasteiger partial charge in [-0.05, 0) is 30.5 Å². The minimum atomic E-state index is 0.242. The van der Waals surface area contributed by atoms with Crippen LogP contribution in [0.3, 0.4) is 0 Å². The fraction of sp³-hybridized carbons (Fsp3) is 0.333. The summed E-state index contributed by atoms with van der Waals surface area (Å²) in [6.45, 7) is 1.31. The molecule has 2 aromatic rings. The Labute approximate surface area is 110 Å². The van der Waals surface area contributed by atoms with E-state index in [1.165, 1.54) is 0 Å². The first kappa shape index (κ1) is 12.9. The molecular formula is C12H15N3O2S. The van der Waals surface area contributed by atoms with Crippen molar-refractivity contribution in [1.29, 1.82) is 0 Å². The summed E-state index contributed by atoms with van der Waals surface area (Å²) in [6.07, 6.45) is 1.97. The monoisotopic (exact) mass is 265 g/mol. The van der Waals surface area contributed by atoms with Crippen LogP contribution in [0.5, 0.6) is 5.75 Å². The number of methoxy groups -OCH3 is 1. The molecule has 18 heavy (non-hydrogen) atoms. The topological polar surface area (TPSA) is 60.2 Å². The predicted molar refractivity (Wildman–Crippen MR) is 70.8 cm³/mol. The van der Waals surface area contributed by atoms with E-state index < -0.39 is 0 Å². The Morgan fingerprint density at radius 3 is 2.61 bits per heavy atom. The highest BCUT2D eigenvalue weighted by Crippen LogP contribution is 2.24. The van der Waals surface area contributed by atoms with Crippen molar-refractivity contribution in [2.75, 3.05) is 20.0 Å². The number of phenolic OH excluding ortho intramolecular Hbond substituents is 1. The lowest BCUT2D eigenvalue weighted by Crippen LogP contribution is -2.07. The second-order valence-corrected chi connectivity index (χ2v) is 4.48. The van der Waals surface area contributed by atoms with Gasteiger partial charge in [-0.1, -0.05) is 11.8 Å². The van der Waals surface area contributed by atoms with Crippen LogP contribution >= 0.6 is 11.8 Å². The molecule has 0 fully saturated rings. The smallest absolute Gasteiger partial charge is 0.191 e. The van der Waals surface area contributed by atoms with Gasteiger partial charge in [0.1, 0.15) is 5.75 Å². The Morgan fingerprint density at radius 2 is 2.00 bits per heavy atom. The zero-order chi connectivity index (χ0) is 13.0. The number of nitrogens with zero attached hydrogens (tertiary/aromatic N) is 3. The molecule has 96 valence electrons. The molecule has 0 unspecified atom stereocenters. The molecule has 1 aromatic heterocycles. The number of ether oxygens (including phenoxy) is 1. The van der Waals surface area contributed by atoms with Crippen molar-refractivity contribution in [3.63, 3.8) is 0 Å². The molecule has 0 aliphatic heterocycles. The molecule has 6 heteroatoms. The van der Waals surface area contributed by atoms with E-state index in [2.05, 4.69) is 10.2 Å². The van der Waals surface area contributed by atoms with E-state index in [4.69, 9.17) is 4.74 Å². The van der Waals surface area contributed by atoms with Gasteiger partial charge in [-0.3, -0.25) is 4.57 Å². The molecule has 0 atom stereocenters. The van der Waals surface area contributed by atoms with Gasteiger partial charge in [0.25, 0.3) is 0 Å². The number of aromatic nitrogens is 3. The molecule has 2 rings (SSSR count). The molecule has 1 heterocycles. The number of benzene rings is 1. The van der Waals surface area contributed by atoms with Crippen molar-refractivity contribution >= 4 is 11.8 Å². The van der Waals surface area contributed by atoms with Crippen LogP contribution in [-0.4, -0.2) is 39.8 Å². The number of rotatable bonds is 5. The number of phenols is 1. The first-order chi connectivity index (χ1) is 8.76. The fourth-order valence-corrected chi connectivity index (χ4v) is 2.17. The zero-order valence-corrected chi connectivity index (χ0v) is 11.1. The third kappa shape index (κ3) is 2.65. The molecule has 0 saturated carbocycles. The molecule has 5 nitrogen and oxygen atoms in total. The maximum absolute atomic E-state index is 9.30. The van der Waals surface area contributed by atoms with Crippen molar-refractivity contribution in [3.8, 4) is 17.1 Å². The average molecular weight is 265 g/mol. The van der Waals surface area contributed by atoms with E-state index in [-0.39, 0.29) is 5.75 Å². The Morgan fingerprint density at radius 1 is 1.28 bits per heavy atom. The second-order valence-electron chi connectivity index (χ2n) is 3.70. The van der Waals surface area contributed by atoms with Gasteiger partial charge in [0.05, 0.1) is 13.2 Å². The number of hydrogen-bond acceptors (Lipinski definition) is 5. The summed E-state index contributed by atoms with van der Waals surface area (Å²) in [5.41, 5.74) is 0.928. The molecule has 0 aliphatic rings. The van der Waals surface area contributed by atoms with Gasteiger partial charge in [0.15, 0.2) is 11.0 Å². The highest BCUT2D eigenvalue weighted by molar-refractivity contribution is 7.98. The van der Waals surface area contributed by atoms with Gasteiger partial charge in [-0.15, -0.1) is 10.2 Å². The highest BCUT2D eigenvalue weighted by Gasteiger charge is 2.12. The normalized spacial score (nSPS) is 10.8. The summed E-state index contributed by atoms with van der Waals surface area (Å²) in [5, 5.41) is 18.5. The Hall–Kier alpha value is -1.53. The summed E-state index contributed by atoms with van der Waals surface area (Å²) in [4.78, 5) is 0. The average Bonchev–Trinajstić information content (AvgIpc) is 2.80. The van der Waals surface area contributed by atoms with Crippen LogP contribution in [0.25, 0.3) is 11.4 Å². The predicted octanol–water partition coefficient (Wildman–Crippen LogP) is 2.02. The minimum Gasteiger partial charge on any atom is -0.508 e. The van der Waals surface area contributed by atoms with E-state index in [0.29, 0.717) is 13.2 Å². The molecule has 0 radical (unpaired) electrons. The van der Waals surface area contributed by atoms with E-state index >= 15 is 0 Å². The quantitative estimate of drug-likeness (QED) is 0.838. The maximum atomic E-state index is 9.30.